The monoisotopic (exact) mass is 434 g/mol. The average molecular weight is 437 g/mol. The molecular weight excluding hydrogens is 402 g/mol. The van der Waals surface area contributed by atoms with Gasteiger partial charge in [0.15, 0.2) is 0 Å². The predicted molar refractivity (Wildman–Crippen MR) is 97.3 cm³/mol. The van der Waals surface area contributed by atoms with Gasteiger partial charge in [0.05, 0.1) is 0 Å². The quantitative estimate of drug-likeness (QED) is 0.428. The van der Waals surface area contributed by atoms with E-state index in [4.69, 9.17) is 17.0 Å². The first-order valence-corrected chi connectivity index (χ1v) is 16.6. The number of rotatable bonds is 3. The SMILES string of the molecule is C1CCC2C(C1)CCC2CCC1CCC2CCCCC21.[Cl][Zr][Cl]. The van der Waals surface area contributed by atoms with E-state index in [1.165, 1.54) is 0 Å². The van der Waals surface area contributed by atoms with E-state index in [1.54, 1.807) is 89.9 Å². The normalized spacial score (nSPS) is 42.3. The van der Waals surface area contributed by atoms with Crippen LogP contribution in [-0.2, 0) is 20.8 Å². The topological polar surface area (TPSA) is 0 Å². The van der Waals surface area contributed by atoms with E-state index in [2.05, 4.69) is 0 Å². The minimum absolute atomic E-state index is 0.826. The average Bonchev–Trinajstić information content (AvgIpc) is 3.18. The van der Waals surface area contributed by atoms with Crippen LogP contribution in [0.3, 0.4) is 0 Å². The van der Waals surface area contributed by atoms with Gasteiger partial charge in [-0.1, -0.05) is 38.5 Å². The zero-order valence-electron chi connectivity index (χ0n) is 14.6. The summed E-state index contributed by atoms with van der Waals surface area (Å²) in [6, 6.07) is 0. The zero-order valence-corrected chi connectivity index (χ0v) is 18.6. The van der Waals surface area contributed by atoms with Crippen molar-refractivity contribution < 1.29 is 20.8 Å². The number of halogens is 2. The number of hydrogen-bond donors (Lipinski definition) is 0. The Balaban J connectivity index is 0.000000485. The molecule has 0 aromatic rings. The van der Waals surface area contributed by atoms with Crippen LogP contribution >= 0.6 is 17.0 Å². The molecule has 4 aliphatic carbocycles. The molecule has 6 unspecified atom stereocenters. The Labute approximate surface area is 162 Å². The summed E-state index contributed by atoms with van der Waals surface area (Å²) in [5.41, 5.74) is 0. The molecule has 0 heterocycles. The Morgan fingerprint density at radius 2 is 0.957 bits per heavy atom. The number of fused-ring (bicyclic) bond motifs is 2. The summed E-state index contributed by atoms with van der Waals surface area (Å²) in [7, 11) is 9.87. The van der Waals surface area contributed by atoms with Crippen molar-refractivity contribution in [3.63, 3.8) is 0 Å². The Kier molecular flexibility index (Phi) is 8.33. The molecule has 0 saturated heterocycles. The van der Waals surface area contributed by atoms with Gasteiger partial charge < -0.3 is 0 Å². The fraction of sp³-hybridized carbons (Fsp3) is 1.00. The first kappa shape index (κ1) is 19.2. The van der Waals surface area contributed by atoms with Crippen molar-refractivity contribution in [2.75, 3.05) is 0 Å². The molecule has 0 bridgehead atoms. The summed E-state index contributed by atoms with van der Waals surface area (Å²) in [6.45, 7) is 0. The fourth-order valence-corrected chi connectivity index (χ4v) is 6.86. The first-order chi connectivity index (χ1) is 11.3. The second kappa shape index (κ2) is 9.97. The van der Waals surface area contributed by atoms with Crippen LogP contribution in [0.2, 0.25) is 0 Å². The van der Waals surface area contributed by atoms with E-state index < -0.39 is 20.8 Å². The molecule has 0 radical (unpaired) electrons. The molecule has 0 nitrogen and oxygen atoms in total. The molecule has 6 atom stereocenters. The van der Waals surface area contributed by atoms with E-state index in [-0.39, 0.29) is 0 Å². The van der Waals surface area contributed by atoms with Crippen molar-refractivity contribution in [2.45, 2.75) is 89.9 Å². The second-order valence-electron chi connectivity index (χ2n) is 8.74. The van der Waals surface area contributed by atoms with Crippen LogP contribution in [0.4, 0.5) is 0 Å². The minimum atomic E-state index is -0.826. The van der Waals surface area contributed by atoms with Gasteiger partial charge in [0.1, 0.15) is 0 Å². The van der Waals surface area contributed by atoms with E-state index >= 15 is 0 Å². The van der Waals surface area contributed by atoms with E-state index in [0.29, 0.717) is 0 Å². The predicted octanol–water partition coefficient (Wildman–Crippen LogP) is 7.58. The summed E-state index contributed by atoms with van der Waals surface area (Å²) in [5.74, 6) is 6.91. The molecule has 0 aliphatic heterocycles. The third kappa shape index (κ3) is 5.01. The molecule has 4 fully saturated rings. The molecule has 132 valence electrons. The fourth-order valence-electron chi connectivity index (χ4n) is 6.86. The zero-order chi connectivity index (χ0) is 16.1. The number of hydrogen-bond acceptors (Lipinski definition) is 0. The second-order valence-corrected chi connectivity index (χ2v) is 12.5. The standard InChI is InChI=1S/C20H34.2ClH.Zr/c1-3-7-19-15(5-1)9-11-17(19)13-14-18-12-10-16-6-2-4-8-20(16)18;;;/h15-20H,1-14H2;2*1H;/q;;;+2/p-2. The molecule has 4 aliphatic rings. The molecule has 23 heavy (non-hydrogen) atoms. The third-order valence-corrected chi connectivity index (χ3v) is 7.87. The van der Waals surface area contributed by atoms with Crippen LogP contribution in [0, 0.1) is 35.5 Å². The maximum atomic E-state index is 4.93. The van der Waals surface area contributed by atoms with E-state index in [9.17, 15) is 0 Å². The first-order valence-electron chi connectivity index (χ1n) is 10.3. The van der Waals surface area contributed by atoms with Gasteiger partial charge in [0.2, 0.25) is 0 Å². The van der Waals surface area contributed by atoms with Crippen molar-refractivity contribution in [1.82, 2.24) is 0 Å². The van der Waals surface area contributed by atoms with Crippen LogP contribution < -0.4 is 0 Å². The summed E-state index contributed by atoms with van der Waals surface area (Å²) < 4.78 is 0. The summed E-state index contributed by atoms with van der Waals surface area (Å²) in [4.78, 5) is 0. The summed E-state index contributed by atoms with van der Waals surface area (Å²) in [6.07, 6.45) is 22.1. The molecule has 4 saturated carbocycles. The molecule has 0 aromatic heterocycles. The van der Waals surface area contributed by atoms with Gasteiger partial charge in [-0.25, -0.2) is 0 Å². The van der Waals surface area contributed by atoms with Crippen molar-refractivity contribution in [3.05, 3.63) is 0 Å². The maximum absolute atomic E-state index is 4.93. The van der Waals surface area contributed by atoms with Crippen molar-refractivity contribution >= 4 is 17.0 Å². The Bertz CT molecular complexity index is 317. The summed E-state index contributed by atoms with van der Waals surface area (Å²) >= 11 is -0.826. The van der Waals surface area contributed by atoms with Gasteiger partial charge in [0, 0.05) is 0 Å². The Morgan fingerprint density at radius 1 is 0.565 bits per heavy atom. The van der Waals surface area contributed by atoms with Crippen LogP contribution in [0.1, 0.15) is 89.9 Å². The Morgan fingerprint density at radius 3 is 1.39 bits per heavy atom. The van der Waals surface area contributed by atoms with Crippen LogP contribution in [0.15, 0.2) is 0 Å². The van der Waals surface area contributed by atoms with Gasteiger partial charge in [-0.3, -0.25) is 0 Å². The van der Waals surface area contributed by atoms with Gasteiger partial charge in [-0.15, -0.1) is 0 Å². The molecule has 3 heteroatoms. The Hall–Kier alpha value is 1.46. The van der Waals surface area contributed by atoms with Gasteiger partial charge in [0.25, 0.3) is 0 Å². The molecule has 0 amide bonds. The molecule has 0 spiro atoms. The van der Waals surface area contributed by atoms with Crippen LogP contribution in [-0.4, -0.2) is 0 Å². The van der Waals surface area contributed by atoms with E-state index in [1.807, 2.05) is 0 Å². The van der Waals surface area contributed by atoms with Crippen molar-refractivity contribution in [2.24, 2.45) is 35.5 Å². The third-order valence-electron chi connectivity index (χ3n) is 7.87. The van der Waals surface area contributed by atoms with Crippen molar-refractivity contribution in [3.8, 4) is 0 Å². The van der Waals surface area contributed by atoms with Gasteiger partial charge in [-0.2, -0.15) is 0 Å². The van der Waals surface area contributed by atoms with Crippen LogP contribution in [0.5, 0.6) is 0 Å². The molecule has 4 rings (SSSR count). The summed E-state index contributed by atoms with van der Waals surface area (Å²) in [5, 5.41) is 0. The molecule has 0 aromatic carbocycles. The van der Waals surface area contributed by atoms with Crippen molar-refractivity contribution in [1.29, 1.82) is 0 Å². The molecule has 0 N–H and O–H groups in total. The molecular formula is C20H34Cl2Zr. The van der Waals surface area contributed by atoms with Gasteiger partial charge in [-0.05, 0) is 86.9 Å². The van der Waals surface area contributed by atoms with E-state index in [0.717, 1.165) is 35.5 Å². The van der Waals surface area contributed by atoms with Gasteiger partial charge >= 0.3 is 37.9 Å². The van der Waals surface area contributed by atoms with Crippen LogP contribution in [0.25, 0.3) is 0 Å².